The first-order chi connectivity index (χ1) is 7.29. The van der Waals surface area contributed by atoms with E-state index in [4.69, 9.17) is 4.52 Å². The van der Waals surface area contributed by atoms with Crippen LogP contribution in [0.3, 0.4) is 0 Å². The molecule has 1 aliphatic heterocycles. The van der Waals surface area contributed by atoms with Crippen LogP contribution in [0.25, 0.3) is 5.57 Å². The summed E-state index contributed by atoms with van der Waals surface area (Å²) in [6.07, 6.45) is 4.73. The van der Waals surface area contributed by atoms with Crippen molar-refractivity contribution in [2.24, 2.45) is 0 Å². The molecule has 2 rings (SSSR count). The lowest BCUT2D eigenvalue weighted by atomic mass is 10.1. The third-order valence-corrected chi connectivity index (χ3v) is 2.56. The molecule has 1 amide bonds. The Morgan fingerprint density at radius 3 is 2.73 bits per heavy atom. The van der Waals surface area contributed by atoms with E-state index in [2.05, 4.69) is 16.9 Å². The number of nitrogens with zero attached hydrogens (tertiary/aromatic N) is 3. The molecular weight excluding hydrogens is 194 g/mol. The molecule has 80 valence electrons. The summed E-state index contributed by atoms with van der Waals surface area (Å²) in [5, 5.41) is 6.84. The van der Waals surface area contributed by atoms with Crippen molar-refractivity contribution in [3.05, 3.63) is 18.5 Å². The Balaban J connectivity index is 2.04. The molecule has 0 aliphatic carbocycles. The van der Waals surface area contributed by atoms with Crippen molar-refractivity contribution in [2.75, 3.05) is 13.1 Å². The van der Waals surface area contributed by atoms with E-state index in [0.717, 1.165) is 25.9 Å². The van der Waals surface area contributed by atoms with Gasteiger partial charge < -0.3 is 9.42 Å². The molecule has 0 N–H and O–H groups in total. The van der Waals surface area contributed by atoms with Crippen LogP contribution in [0.2, 0.25) is 0 Å². The van der Waals surface area contributed by atoms with E-state index in [1.807, 2.05) is 0 Å². The van der Waals surface area contributed by atoms with Crippen molar-refractivity contribution < 1.29 is 9.32 Å². The third-order valence-electron chi connectivity index (χ3n) is 2.56. The molecule has 2 heterocycles. The topological polar surface area (TPSA) is 59.2 Å². The molecule has 0 aromatic carbocycles. The molecule has 0 spiro atoms. The lowest BCUT2D eigenvalue weighted by Crippen LogP contribution is -2.35. The number of likely N-dealkylation sites (tertiary alicyclic amines) is 1. The van der Waals surface area contributed by atoms with Crippen molar-refractivity contribution in [1.82, 2.24) is 15.3 Å². The van der Waals surface area contributed by atoms with E-state index in [9.17, 15) is 4.79 Å². The summed E-state index contributed by atoms with van der Waals surface area (Å²) in [5.41, 5.74) is 0.335. The number of aromatic nitrogens is 2. The maximum atomic E-state index is 11.9. The fourth-order valence-corrected chi connectivity index (χ4v) is 1.69. The second-order valence-electron chi connectivity index (χ2n) is 3.61. The van der Waals surface area contributed by atoms with Gasteiger partial charge in [0, 0.05) is 18.4 Å². The first kappa shape index (κ1) is 9.89. The van der Waals surface area contributed by atoms with E-state index in [-0.39, 0.29) is 5.91 Å². The van der Waals surface area contributed by atoms with Crippen LogP contribution in [0, 0.1) is 0 Å². The molecule has 5 heteroatoms. The average molecular weight is 207 g/mol. The largest absolute Gasteiger partial charge is 0.339 e. The monoisotopic (exact) mass is 207 g/mol. The van der Waals surface area contributed by atoms with Crippen LogP contribution in [0.1, 0.15) is 25.0 Å². The van der Waals surface area contributed by atoms with Crippen LogP contribution in [-0.4, -0.2) is 34.3 Å². The lowest BCUT2D eigenvalue weighted by molar-refractivity contribution is -0.125. The summed E-state index contributed by atoms with van der Waals surface area (Å²) >= 11 is 0. The summed E-state index contributed by atoms with van der Waals surface area (Å²) in [6, 6.07) is 0. The van der Waals surface area contributed by atoms with Gasteiger partial charge >= 0.3 is 0 Å². The Labute approximate surface area is 87.7 Å². The summed E-state index contributed by atoms with van der Waals surface area (Å²) in [5.74, 6) is 0.277. The predicted octanol–water partition coefficient (Wildman–Crippen LogP) is 1.10. The van der Waals surface area contributed by atoms with E-state index < -0.39 is 0 Å². The average Bonchev–Trinajstić information content (AvgIpc) is 2.82. The van der Waals surface area contributed by atoms with Gasteiger partial charge in [0.15, 0.2) is 5.76 Å². The zero-order valence-corrected chi connectivity index (χ0v) is 8.48. The third kappa shape index (κ3) is 2.06. The van der Waals surface area contributed by atoms with Gasteiger partial charge in [-0.05, 0) is 19.3 Å². The SMILES string of the molecule is C=C(C(=O)N1CCCCC1)c1cnno1. The molecule has 0 saturated carbocycles. The molecule has 0 radical (unpaired) electrons. The van der Waals surface area contributed by atoms with Gasteiger partial charge in [-0.3, -0.25) is 4.79 Å². The van der Waals surface area contributed by atoms with Crippen LogP contribution in [-0.2, 0) is 4.79 Å². The van der Waals surface area contributed by atoms with E-state index in [1.54, 1.807) is 4.90 Å². The number of carbonyl (C=O) groups excluding carboxylic acids is 1. The second-order valence-corrected chi connectivity index (χ2v) is 3.61. The summed E-state index contributed by atoms with van der Waals surface area (Å²) < 4.78 is 4.80. The van der Waals surface area contributed by atoms with E-state index in [0.29, 0.717) is 11.3 Å². The Bertz CT molecular complexity index is 353. The van der Waals surface area contributed by atoms with Crippen LogP contribution in [0.15, 0.2) is 17.3 Å². The lowest BCUT2D eigenvalue weighted by Gasteiger charge is -2.26. The normalized spacial score (nSPS) is 16.4. The first-order valence-electron chi connectivity index (χ1n) is 5.05. The molecule has 1 aliphatic rings. The zero-order valence-electron chi connectivity index (χ0n) is 8.48. The zero-order chi connectivity index (χ0) is 10.7. The summed E-state index contributed by atoms with van der Waals surface area (Å²) in [6.45, 7) is 5.32. The quantitative estimate of drug-likeness (QED) is 0.681. The maximum absolute atomic E-state index is 11.9. The molecular formula is C10H13N3O2. The summed E-state index contributed by atoms with van der Waals surface area (Å²) in [4.78, 5) is 13.7. The van der Waals surface area contributed by atoms with Gasteiger partial charge in [0.05, 0.1) is 11.8 Å². The second kappa shape index (κ2) is 4.25. The van der Waals surface area contributed by atoms with Gasteiger partial charge in [0.25, 0.3) is 5.91 Å². The van der Waals surface area contributed by atoms with Crippen molar-refractivity contribution in [3.8, 4) is 0 Å². The first-order valence-corrected chi connectivity index (χ1v) is 5.05. The van der Waals surface area contributed by atoms with Crippen molar-refractivity contribution >= 4 is 11.5 Å². The molecule has 1 aromatic heterocycles. The number of piperidine rings is 1. The molecule has 1 saturated heterocycles. The molecule has 0 bridgehead atoms. The van der Waals surface area contributed by atoms with E-state index >= 15 is 0 Å². The Hall–Kier alpha value is -1.65. The number of hydrogen-bond acceptors (Lipinski definition) is 4. The molecule has 5 nitrogen and oxygen atoms in total. The standard InChI is InChI=1S/C10H13N3O2/c1-8(9-7-11-12-15-9)10(14)13-5-3-2-4-6-13/h7H,1-6H2. The van der Waals surface area contributed by atoms with E-state index in [1.165, 1.54) is 12.6 Å². The Kier molecular flexibility index (Phi) is 2.80. The van der Waals surface area contributed by atoms with Crippen LogP contribution < -0.4 is 0 Å². The smallest absolute Gasteiger partial charge is 0.257 e. The van der Waals surface area contributed by atoms with Gasteiger partial charge in [-0.2, -0.15) is 0 Å². The minimum absolute atomic E-state index is 0.0757. The Morgan fingerprint density at radius 2 is 2.13 bits per heavy atom. The van der Waals surface area contributed by atoms with Gasteiger partial charge in [-0.25, -0.2) is 0 Å². The highest BCUT2D eigenvalue weighted by molar-refractivity contribution is 6.17. The molecule has 0 unspecified atom stereocenters. The highest BCUT2D eigenvalue weighted by Gasteiger charge is 2.21. The van der Waals surface area contributed by atoms with Crippen LogP contribution in [0.4, 0.5) is 0 Å². The van der Waals surface area contributed by atoms with Crippen molar-refractivity contribution in [2.45, 2.75) is 19.3 Å². The van der Waals surface area contributed by atoms with Gasteiger partial charge in [0.2, 0.25) is 0 Å². The van der Waals surface area contributed by atoms with Gasteiger partial charge in [-0.1, -0.05) is 6.58 Å². The van der Waals surface area contributed by atoms with Gasteiger partial charge in [0.1, 0.15) is 0 Å². The fourth-order valence-electron chi connectivity index (χ4n) is 1.69. The van der Waals surface area contributed by atoms with Crippen LogP contribution in [0.5, 0.6) is 0 Å². The molecule has 1 aromatic rings. The molecule has 0 atom stereocenters. The van der Waals surface area contributed by atoms with Gasteiger partial charge in [-0.15, -0.1) is 5.10 Å². The fraction of sp³-hybridized carbons (Fsp3) is 0.500. The number of amides is 1. The van der Waals surface area contributed by atoms with Crippen molar-refractivity contribution in [3.63, 3.8) is 0 Å². The number of hydrogen-bond donors (Lipinski definition) is 0. The van der Waals surface area contributed by atoms with Crippen LogP contribution >= 0.6 is 0 Å². The predicted molar refractivity (Wildman–Crippen MR) is 53.8 cm³/mol. The minimum atomic E-state index is -0.0757. The Morgan fingerprint density at radius 1 is 1.40 bits per heavy atom. The minimum Gasteiger partial charge on any atom is -0.339 e. The molecule has 1 fully saturated rings. The van der Waals surface area contributed by atoms with Crippen molar-refractivity contribution in [1.29, 1.82) is 0 Å². The highest BCUT2D eigenvalue weighted by atomic mass is 16.5. The highest BCUT2D eigenvalue weighted by Crippen LogP contribution is 2.17. The number of carbonyl (C=O) groups is 1. The maximum Gasteiger partial charge on any atom is 0.257 e. The summed E-state index contributed by atoms with van der Waals surface area (Å²) in [7, 11) is 0. The number of rotatable bonds is 2. The molecule has 15 heavy (non-hydrogen) atoms.